The highest BCUT2D eigenvalue weighted by Gasteiger charge is 2.24. The minimum Gasteiger partial charge on any atom is -0.337 e. The Morgan fingerprint density at radius 2 is 2.00 bits per heavy atom. The van der Waals surface area contributed by atoms with Gasteiger partial charge in [-0.1, -0.05) is 13.8 Å². The van der Waals surface area contributed by atoms with Gasteiger partial charge in [0.2, 0.25) is 0 Å². The Morgan fingerprint density at radius 3 is 2.40 bits per heavy atom. The molecule has 1 atom stereocenters. The normalized spacial score (nSPS) is 13.6. The van der Waals surface area contributed by atoms with Crippen molar-refractivity contribution in [2.24, 2.45) is 18.7 Å². The lowest BCUT2D eigenvalue weighted by Gasteiger charge is -2.20. The number of aromatic nitrogens is 2. The van der Waals surface area contributed by atoms with E-state index in [1.165, 1.54) is 10.5 Å². The summed E-state index contributed by atoms with van der Waals surface area (Å²) >= 11 is 0. The Balaban J connectivity index is 0.00000361. The molecule has 1 rings (SSSR count). The molecule has 2 N–H and O–H groups in total. The van der Waals surface area contributed by atoms with Crippen molar-refractivity contribution in [2.45, 2.75) is 38.3 Å². The lowest BCUT2D eigenvalue weighted by molar-refractivity contribution is 0.396. The molecule has 1 aromatic rings. The van der Waals surface area contributed by atoms with Crippen LogP contribution < -0.4 is 5.73 Å². The second kappa shape index (κ2) is 7.40. The number of halogens is 1. The van der Waals surface area contributed by atoms with E-state index in [1.807, 2.05) is 13.8 Å². The van der Waals surface area contributed by atoms with E-state index in [0.717, 1.165) is 0 Å². The molecule has 0 aromatic carbocycles. The minimum absolute atomic E-state index is 0. The maximum atomic E-state index is 12.3. The molecule has 0 aliphatic carbocycles. The first-order valence-electron chi connectivity index (χ1n) is 6.38. The number of rotatable bonds is 6. The Labute approximate surface area is 127 Å². The lowest BCUT2D eigenvalue weighted by atomic mass is 10.0. The molecule has 0 saturated carbocycles. The van der Waals surface area contributed by atoms with Gasteiger partial charge in [-0.3, -0.25) is 0 Å². The predicted octanol–water partition coefficient (Wildman–Crippen LogP) is 1.14. The highest BCUT2D eigenvalue weighted by Crippen LogP contribution is 2.14. The van der Waals surface area contributed by atoms with E-state index < -0.39 is 10.0 Å². The topological polar surface area (TPSA) is 81.2 Å². The number of nitrogens with two attached hydrogens (primary N) is 1. The predicted molar refractivity (Wildman–Crippen MR) is 82.4 cm³/mol. The van der Waals surface area contributed by atoms with Crippen LogP contribution in [0.1, 0.15) is 26.1 Å². The first kappa shape index (κ1) is 19.4. The van der Waals surface area contributed by atoms with Crippen LogP contribution in [-0.4, -0.2) is 41.9 Å². The summed E-state index contributed by atoms with van der Waals surface area (Å²) in [6.45, 7) is 6.23. The molecule has 0 radical (unpaired) electrons. The van der Waals surface area contributed by atoms with Crippen molar-refractivity contribution < 1.29 is 8.42 Å². The molecule has 6 nitrogen and oxygen atoms in total. The molecule has 0 aliphatic heterocycles. The van der Waals surface area contributed by atoms with Gasteiger partial charge in [0.25, 0.3) is 10.0 Å². The third-order valence-electron chi connectivity index (χ3n) is 3.39. The molecule has 0 spiro atoms. The van der Waals surface area contributed by atoms with Gasteiger partial charge in [-0.2, -0.15) is 4.31 Å². The van der Waals surface area contributed by atoms with Gasteiger partial charge in [0, 0.05) is 32.9 Å². The lowest BCUT2D eigenvalue weighted by Crippen LogP contribution is -2.34. The largest absolute Gasteiger partial charge is 0.337 e. The van der Waals surface area contributed by atoms with Crippen molar-refractivity contribution in [3.63, 3.8) is 0 Å². The molecule has 0 amide bonds. The summed E-state index contributed by atoms with van der Waals surface area (Å²) in [6.07, 6.45) is 2.17. The molecule has 1 aromatic heterocycles. The van der Waals surface area contributed by atoms with Crippen LogP contribution in [0.25, 0.3) is 0 Å². The molecule has 0 bridgehead atoms. The van der Waals surface area contributed by atoms with E-state index in [0.29, 0.717) is 24.7 Å². The number of hydrogen-bond acceptors (Lipinski definition) is 4. The number of nitrogens with zero attached hydrogens (tertiary/aromatic N) is 3. The number of imidazole rings is 1. The summed E-state index contributed by atoms with van der Waals surface area (Å²) in [7, 11) is -0.180. The zero-order valence-corrected chi connectivity index (χ0v) is 14.3. The fourth-order valence-electron chi connectivity index (χ4n) is 1.59. The molecule has 0 saturated heterocycles. The van der Waals surface area contributed by atoms with Gasteiger partial charge in [0.15, 0.2) is 5.03 Å². The van der Waals surface area contributed by atoms with E-state index in [-0.39, 0.29) is 23.5 Å². The smallest absolute Gasteiger partial charge is 0.261 e. The van der Waals surface area contributed by atoms with Gasteiger partial charge < -0.3 is 10.3 Å². The fourth-order valence-corrected chi connectivity index (χ4v) is 2.80. The summed E-state index contributed by atoms with van der Waals surface area (Å²) in [5.74, 6) is 1.01. The average molecular weight is 325 g/mol. The van der Waals surface area contributed by atoms with Crippen molar-refractivity contribution in [1.29, 1.82) is 0 Å². The van der Waals surface area contributed by atoms with Gasteiger partial charge in [-0.15, -0.1) is 12.4 Å². The summed E-state index contributed by atoms with van der Waals surface area (Å²) in [4.78, 5) is 4.07. The molecular weight excluding hydrogens is 300 g/mol. The van der Waals surface area contributed by atoms with E-state index in [1.54, 1.807) is 25.6 Å². The Kier molecular flexibility index (Phi) is 7.17. The Morgan fingerprint density at radius 1 is 1.45 bits per heavy atom. The van der Waals surface area contributed by atoms with Crippen molar-refractivity contribution >= 4 is 22.4 Å². The summed E-state index contributed by atoms with van der Waals surface area (Å²) in [5.41, 5.74) is 5.93. The van der Waals surface area contributed by atoms with E-state index in [2.05, 4.69) is 4.98 Å². The summed E-state index contributed by atoms with van der Waals surface area (Å²) in [6, 6.07) is 0.00289. The van der Waals surface area contributed by atoms with Crippen LogP contribution in [-0.2, 0) is 17.1 Å². The van der Waals surface area contributed by atoms with Gasteiger partial charge in [0.1, 0.15) is 5.82 Å². The van der Waals surface area contributed by atoms with E-state index in [4.69, 9.17) is 5.73 Å². The van der Waals surface area contributed by atoms with Gasteiger partial charge in [-0.05, 0) is 19.3 Å². The summed E-state index contributed by atoms with van der Waals surface area (Å²) < 4.78 is 27.6. The summed E-state index contributed by atoms with van der Waals surface area (Å²) in [5, 5.41) is 0.0909. The van der Waals surface area contributed by atoms with E-state index >= 15 is 0 Å². The second-order valence-electron chi connectivity index (χ2n) is 5.26. The second-order valence-corrected chi connectivity index (χ2v) is 7.25. The van der Waals surface area contributed by atoms with Crippen molar-refractivity contribution in [1.82, 2.24) is 13.9 Å². The maximum absolute atomic E-state index is 12.3. The Hall–Kier alpha value is -0.630. The third kappa shape index (κ3) is 4.44. The monoisotopic (exact) mass is 324 g/mol. The molecular formula is C12H25ClN4O2S. The standard InChI is InChI=1S/C12H24N4O2S.ClH/c1-9(2)11(13)6-7-16(5)19(17,18)12-8-15(4)10(3)14-12;/h8-9,11H,6-7,13H2,1-5H3;1H. The van der Waals surface area contributed by atoms with Gasteiger partial charge >= 0.3 is 0 Å². The van der Waals surface area contributed by atoms with Gasteiger partial charge in [0.05, 0.1) is 0 Å². The molecule has 0 aliphatic rings. The van der Waals surface area contributed by atoms with Crippen LogP contribution in [0.4, 0.5) is 0 Å². The first-order valence-corrected chi connectivity index (χ1v) is 7.82. The molecule has 1 unspecified atom stereocenters. The van der Waals surface area contributed by atoms with Crippen molar-refractivity contribution in [3.05, 3.63) is 12.0 Å². The fraction of sp³-hybridized carbons (Fsp3) is 0.750. The molecule has 20 heavy (non-hydrogen) atoms. The quantitative estimate of drug-likeness (QED) is 0.851. The van der Waals surface area contributed by atoms with Crippen molar-refractivity contribution in [3.8, 4) is 0 Å². The average Bonchev–Trinajstić information content (AvgIpc) is 2.66. The zero-order valence-electron chi connectivity index (χ0n) is 12.7. The molecule has 8 heteroatoms. The van der Waals surface area contributed by atoms with Crippen LogP contribution in [0.5, 0.6) is 0 Å². The Bertz CT molecular complexity index is 508. The number of aryl methyl sites for hydroxylation is 2. The van der Waals surface area contributed by atoms with Crippen LogP contribution in [0.3, 0.4) is 0 Å². The van der Waals surface area contributed by atoms with E-state index in [9.17, 15) is 8.42 Å². The maximum Gasteiger partial charge on any atom is 0.261 e. The molecule has 1 heterocycles. The highest BCUT2D eigenvalue weighted by atomic mass is 35.5. The number of hydrogen-bond donors (Lipinski definition) is 1. The molecule has 118 valence electrons. The number of sulfonamides is 1. The molecule has 0 fully saturated rings. The highest BCUT2D eigenvalue weighted by molar-refractivity contribution is 7.89. The van der Waals surface area contributed by atoms with Crippen LogP contribution in [0.2, 0.25) is 0 Å². The first-order chi connectivity index (χ1) is 8.66. The third-order valence-corrected chi connectivity index (χ3v) is 5.12. The van der Waals surface area contributed by atoms with Crippen LogP contribution >= 0.6 is 12.4 Å². The SMILES string of the molecule is Cc1nc(S(=O)(=O)N(C)CCC(N)C(C)C)cn1C.Cl. The van der Waals surface area contributed by atoms with Crippen LogP contribution in [0, 0.1) is 12.8 Å². The van der Waals surface area contributed by atoms with Gasteiger partial charge in [-0.25, -0.2) is 13.4 Å². The van der Waals surface area contributed by atoms with Crippen LogP contribution in [0.15, 0.2) is 11.2 Å². The van der Waals surface area contributed by atoms with Crippen molar-refractivity contribution in [2.75, 3.05) is 13.6 Å². The minimum atomic E-state index is -3.52. The zero-order chi connectivity index (χ0) is 14.8.